The lowest BCUT2D eigenvalue weighted by molar-refractivity contribution is 0.0377. The Morgan fingerprint density at radius 1 is 0.786 bits per heavy atom. The Hall–Kier alpha value is -3.80. The van der Waals surface area contributed by atoms with Crippen molar-refractivity contribution in [1.82, 2.24) is 5.48 Å². The van der Waals surface area contributed by atoms with Crippen LogP contribution < -0.4 is 10.2 Å². The topological polar surface area (TPSA) is 73.9 Å². The number of para-hydroxylation sites is 1. The Balaban J connectivity index is 1.33. The summed E-state index contributed by atoms with van der Waals surface area (Å²) >= 11 is 0. The highest BCUT2D eigenvalue weighted by molar-refractivity contribution is 5.79. The van der Waals surface area contributed by atoms with Crippen molar-refractivity contribution in [2.24, 2.45) is 0 Å². The van der Waals surface area contributed by atoms with Gasteiger partial charge in [-0.3, -0.25) is 0 Å². The van der Waals surface area contributed by atoms with E-state index in [1.54, 1.807) is 30.3 Å². The molecule has 28 heavy (non-hydrogen) atoms. The third-order valence-corrected chi connectivity index (χ3v) is 4.51. The van der Waals surface area contributed by atoms with Gasteiger partial charge in [-0.05, 0) is 34.4 Å². The predicted octanol–water partition coefficient (Wildman–Crippen LogP) is 4.66. The van der Waals surface area contributed by atoms with Crippen LogP contribution in [-0.4, -0.2) is 18.9 Å². The van der Waals surface area contributed by atoms with E-state index in [9.17, 15) is 9.59 Å². The summed E-state index contributed by atoms with van der Waals surface area (Å²) in [6.07, 6.45) is -1.92. The van der Waals surface area contributed by atoms with Crippen LogP contribution in [0.4, 0.5) is 9.59 Å². The van der Waals surface area contributed by atoms with E-state index < -0.39 is 12.2 Å². The minimum absolute atomic E-state index is 0.0746. The average Bonchev–Trinajstić information content (AvgIpc) is 3.05. The van der Waals surface area contributed by atoms with E-state index in [-0.39, 0.29) is 12.5 Å². The molecule has 1 aliphatic carbocycles. The largest absolute Gasteiger partial charge is 0.539 e. The molecule has 0 aliphatic heterocycles. The van der Waals surface area contributed by atoms with E-state index in [2.05, 4.69) is 17.0 Å². The Kier molecular flexibility index (Phi) is 4.93. The molecule has 0 saturated heterocycles. The van der Waals surface area contributed by atoms with Gasteiger partial charge in [0.15, 0.2) is 0 Å². The monoisotopic (exact) mass is 375 g/mol. The number of carbonyl (C=O) groups is 2. The summed E-state index contributed by atoms with van der Waals surface area (Å²) in [7, 11) is 0. The molecule has 1 N–H and O–H groups in total. The molecule has 1 aliphatic rings. The van der Waals surface area contributed by atoms with Gasteiger partial charge in [0, 0.05) is 5.92 Å². The smallest absolute Gasteiger partial charge is 0.446 e. The maximum absolute atomic E-state index is 11.9. The summed E-state index contributed by atoms with van der Waals surface area (Å²) in [4.78, 5) is 28.1. The van der Waals surface area contributed by atoms with Gasteiger partial charge in [-0.2, -0.15) is 0 Å². The summed E-state index contributed by atoms with van der Waals surface area (Å²) in [5.74, 6) is 0.233. The van der Waals surface area contributed by atoms with Gasteiger partial charge < -0.3 is 14.3 Å². The van der Waals surface area contributed by atoms with Crippen LogP contribution in [0.3, 0.4) is 0 Å². The zero-order valence-corrected chi connectivity index (χ0v) is 14.8. The zero-order chi connectivity index (χ0) is 19.3. The van der Waals surface area contributed by atoms with Crippen molar-refractivity contribution in [2.75, 3.05) is 6.61 Å². The second kappa shape index (κ2) is 7.84. The van der Waals surface area contributed by atoms with Gasteiger partial charge in [0.2, 0.25) is 0 Å². The van der Waals surface area contributed by atoms with E-state index in [1.807, 2.05) is 41.9 Å². The highest BCUT2D eigenvalue weighted by atomic mass is 16.8. The quantitative estimate of drug-likeness (QED) is 0.410. The number of hydrogen-bond donors (Lipinski definition) is 1. The standard InChI is InChI=1S/C22H17NO5/c24-21(23-28-22(25)27-15-8-2-1-3-9-15)26-14-20-18-12-6-4-10-16(18)17-11-5-7-13-19(17)20/h1-13,20H,14H2,(H,23,24). The van der Waals surface area contributed by atoms with Crippen LogP contribution >= 0.6 is 0 Å². The molecule has 0 fully saturated rings. The Bertz CT molecular complexity index is 957. The number of rotatable bonds is 3. The van der Waals surface area contributed by atoms with Crippen LogP contribution in [0, 0.1) is 0 Å². The number of benzene rings is 3. The van der Waals surface area contributed by atoms with Crippen molar-refractivity contribution in [3.05, 3.63) is 90.0 Å². The average molecular weight is 375 g/mol. The molecule has 3 aromatic carbocycles. The lowest BCUT2D eigenvalue weighted by atomic mass is 9.98. The lowest BCUT2D eigenvalue weighted by Crippen LogP contribution is -2.30. The Labute approximate surface area is 161 Å². The van der Waals surface area contributed by atoms with Gasteiger partial charge in [0.25, 0.3) is 0 Å². The van der Waals surface area contributed by atoms with Gasteiger partial charge in [-0.15, -0.1) is 5.48 Å². The molecular formula is C22H17NO5. The van der Waals surface area contributed by atoms with Gasteiger partial charge >= 0.3 is 12.2 Å². The number of fused-ring (bicyclic) bond motifs is 3. The van der Waals surface area contributed by atoms with E-state index in [0.717, 1.165) is 22.3 Å². The third kappa shape index (κ3) is 3.66. The minimum atomic E-state index is -1.06. The second-order valence-corrected chi connectivity index (χ2v) is 6.19. The molecular weight excluding hydrogens is 358 g/mol. The maximum Gasteiger partial charge on any atom is 0.539 e. The van der Waals surface area contributed by atoms with Crippen molar-refractivity contribution in [3.63, 3.8) is 0 Å². The first kappa shape index (κ1) is 17.6. The van der Waals surface area contributed by atoms with Crippen LogP contribution in [0.15, 0.2) is 78.9 Å². The second-order valence-electron chi connectivity index (χ2n) is 6.19. The summed E-state index contributed by atoms with van der Waals surface area (Å²) < 4.78 is 10.2. The molecule has 140 valence electrons. The van der Waals surface area contributed by atoms with Gasteiger partial charge in [-0.1, -0.05) is 66.7 Å². The van der Waals surface area contributed by atoms with Gasteiger partial charge in [0.1, 0.15) is 12.4 Å². The van der Waals surface area contributed by atoms with Crippen LogP contribution in [0.25, 0.3) is 11.1 Å². The van der Waals surface area contributed by atoms with Crippen LogP contribution in [0.2, 0.25) is 0 Å². The first-order chi connectivity index (χ1) is 13.7. The molecule has 4 rings (SSSR count). The number of ether oxygens (including phenoxy) is 2. The van der Waals surface area contributed by atoms with Crippen molar-refractivity contribution in [3.8, 4) is 16.9 Å². The Morgan fingerprint density at radius 2 is 1.36 bits per heavy atom. The SMILES string of the molecule is O=C(NOC(=O)Oc1ccccc1)OCC1c2ccccc2-c2ccccc21. The number of amides is 1. The molecule has 6 nitrogen and oxygen atoms in total. The molecule has 0 atom stereocenters. The van der Waals surface area contributed by atoms with Crippen molar-refractivity contribution < 1.29 is 23.9 Å². The molecule has 0 bridgehead atoms. The molecule has 6 heteroatoms. The lowest BCUT2D eigenvalue weighted by Gasteiger charge is -2.14. The van der Waals surface area contributed by atoms with Crippen LogP contribution in [0.5, 0.6) is 5.75 Å². The minimum Gasteiger partial charge on any atom is -0.446 e. The first-order valence-corrected chi connectivity index (χ1v) is 8.77. The first-order valence-electron chi connectivity index (χ1n) is 8.77. The molecule has 0 unspecified atom stereocenters. The molecule has 3 aromatic rings. The van der Waals surface area contributed by atoms with E-state index >= 15 is 0 Å². The summed E-state index contributed by atoms with van der Waals surface area (Å²) in [5.41, 5.74) is 6.40. The number of hydroxylamine groups is 1. The molecule has 0 aromatic heterocycles. The van der Waals surface area contributed by atoms with E-state index in [0.29, 0.717) is 5.75 Å². The fourth-order valence-corrected chi connectivity index (χ4v) is 3.32. The summed E-state index contributed by atoms with van der Waals surface area (Å²) in [6, 6.07) is 24.4. The molecule has 0 radical (unpaired) electrons. The Morgan fingerprint density at radius 3 is 2.00 bits per heavy atom. The molecule has 0 spiro atoms. The van der Waals surface area contributed by atoms with Crippen LogP contribution in [0.1, 0.15) is 17.0 Å². The molecule has 1 amide bonds. The maximum atomic E-state index is 11.9. The van der Waals surface area contributed by atoms with Crippen molar-refractivity contribution in [1.29, 1.82) is 0 Å². The molecule has 0 saturated carbocycles. The highest BCUT2D eigenvalue weighted by Gasteiger charge is 2.29. The number of carbonyl (C=O) groups excluding carboxylic acids is 2. The highest BCUT2D eigenvalue weighted by Crippen LogP contribution is 2.44. The zero-order valence-electron chi connectivity index (χ0n) is 14.8. The fraction of sp³-hybridized carbons (Fsp3) is 0.0909. The van der Waals surface area contributed by atoms with E-state index in [4.69, 9.17) is 9.47 Å². The summed E-state index contributed by atoms with van der Waals surface area (Å²) in [5, 5.41) is 0. The van der Waals surface area contributed by atoms with Gasteiger partial charge in [0.05, 0.1) is 0 Å². The van der Waals surface area contributed by atoms with E-state index in [1.165, 1.54) is 0 Å². The third-order valence-electron chi connectivity index (χ3n) is 4.51. The number of nitrogens with one attached hydrogen (secondary N) is 1. The normalized spacial score (nSPS) is 11.9. The van der Waals surface area contributed by atoms with Gasteiger partial charge in [-0.25, -0.2) is 9.59 Å². The summed E-state index contributed by atoms with van der Waals surface area (Å²) in [6.45, 7) is 0.122. The van der Waals surface area contributed by atoms with Crippen molar-refractivity contribution in [2.45, 2.75) is 5.92 Å². The number of hydrogen-bond acceptors (Lipinski definition) is 5. The van der Waals surface area contributed by atoms with Crippen molar-refractivity contribution >= 4 is 12.2 Å². The fourth-order valence-electron chi connectivity index (χ4n) is 3.32. The predicted molar refractivity (Wildman–Crippen MR) is 102 cm³/mol. The molecule has 0 heterocycles. The van der Waals surface area contributed by atoms with Crippen LogP contribution in [-0.2, 0) is 9.57 Å².